The predicted octanol–water partition coefficient (Wildman–Crippen LogP) is 4.75. The maximum atomic E-state index is 12.3. The standard InChI is InChI=1S/C26H30N4O4/c1-3-33-26(32)22-16-23(29-30-27)25(28-18(2)31)24(17-22)34-15-7-8-19-11-13-21(14-12-19)20-9-5-4-6-10-20/h4-6,9-14,17,23-25H,3,7-8,15-16H2,1-2H3,(H,28,31)/t23-,24+,25+/m0/s1. The second-order valence-corrected chi connectivity index (χ2v) is 8.12. The first kappa shape index (κ1) is 25.0. The van der Waals surface area contributed by atoms with Gasteiger partial charge in [0.05, 0.1) is 24.8 Å². The number of carbonyl (C=O) groups excluding carboxylic acids is 2. The molecule has 0 saturated heterocycles. The second kappa shape index (κ2) is 12.6. The molecular formula is C26H30N4O4. The number of ether oxygens (including phenoxy) is 2. The fraction of sp³-hybridized carbons (Fsp3) is 0.385. The summed E-state index contributed by atoms with van der Waals surface area (Å²) >= 11 is 0. The molecule has 1 aliphatic carbocycles. The topological polar surface area (TPSA) is 113 Å². The number of aryl methyl sites for hydroxylation is 1. The smallest absolute Gasteiger partial charge is 0.333 e. The van der Waals surface area contributed by atoms with Gasteiger partial charge in [-0.15, -0.1) is 0 Å². The molecule has 2 aromatic rings. The van der Waals surface area contributed by atoms with Crippen LogP contribution in [0, 0.1) is 0 Å². The number of nitrogens with one attached hydrogen (secondary N) is 1. The molecule has 0 aromatic heterocycles. The molecule has 0 radical (unpaired) electrons. The summed E-state index contributed by atoms with van der Waals surface area (Å²) in [6.45, 7) is 3.78. The minimum Gasteiger partial charge on any atom is -0.463 e. The average Bonchev–Trinajstić information content (AvgIpc) is 2.84. The zero-order valence-electron chi connectivity index (χ0n) is 19.5. The number of amides is 1. The molecule has 0 aliphatic heterocycles. The zero-order chi connectivity index (χ0) is 24.3. The highest BCUT2D eigenvalue weighted by atomic mass is 16.5. The van der Waals surface area contributed by atoms with Crippen LogP contribution in [-0.2, 0) is 25.5 Å². The van der Waals surface area contributed by atoms with Gasteiger partial charge in [0.2, 0.25) is 5.91 Å². The summed E-state index contributed by atoms with van der Waals surface area (Å²) in [6.07, 6.45) is 2.83. The van der Waals surface area contributed by atoms with E-state index in [1.807, 2.05) is 18.2 Å². The quantitative estimate of drug-likeness (QED) is 0.180. The van der Waals surface area contributed by atoms with Crippen LogP contribution in [0.2, 0.25) is 0 Å². The van der Waals surface area contributed by atoms with Crippen LogP contribution in [0.15, 0.2) is 71.4 Å². The molecule has 1 amide bonds. The van der Waals surface area contributed by atoms with Crippen molar-refractivity contribution in [1.82, 2.24) is 5.32 Å². The first-order valence-electron chi connectivity index (χ1n) is 11.5. The van der Waals surface area contributed by atoms with Crippen molar-refractivity contribution in [3.8, 4) is 11.1 Å². The number of nitrogens with zero attached hydrogens (tertiary/aromatic N) is 3. The van der Waals surface area contributed by atoms with E-state index in [1.54, 1.807) is 13.0 Å². The number of carbonyl (C=O) groups is 2. The van der Waals surface area contributed by atoms with E-state index in [4.69, 9.17) is 15.0 Å². The Labute approximate surface area is 199 Å². The summed E-state index contributed by atoms with van der Waals surface area (Å²) in [5, 5.41) is 6.62. The van der Waals surface area contributed by atoms with Gasteiger partial charge in [0.1, 0.15) is 0 Å². The van der Waals surface area contributed by atoms with Crippen molar-refractivity contribution < 1.29 is 19.1 Å². The summed E-state index contributed by atoms with van der Waals surface area (Å²) in [5.41, 5.74) is 12.9. The summed E-state index contributed by atoms with van der Waals surface area (Å²) in [5.74, 6) is -0.725. The molecular weight excluding hydrogens is 432 g/mol. The molecule has 2 aromatic carbocycles. The Bertz CT molecular complexity index is 1050. The van der Waals surface area contributed by atoms with Crippen LogP contribution in [0.25, 0.3) is 21.6 Å². The van der Waals surface area contributed by atoms with Gasteiger partial charge in [-0.05, 0) is 54.5 Å². The molecule has 8 heteroatoms. The number of rotatable bonds is 10. The molecule has 8 nitrogen and oxygen atoms in total. The van der Waals surface area contributed by atoms with Crippen molar-refractivity contribution >= 4 is 11.9 Å². The van der Waals surface area contributed by atoms with Gasteiger partial charge >= 0.3 is 5.97 Å². The Hall–Kier alpha value is -3.61. The third kappa shape index (κ3) is 6.94. The molecule has 0 spiro atoms. The molecule has 0 saturated carbocycles. The van der Waals surface area contributed by atoms with Gasteiger partial charge in [0.15, 0.2) is 0 Å². The van der Waals surface area contributed by atoms with Crippen molar-refractivity contribution in [3.63, 3.8) is 0 Å². The molecule has 0 unspecified atom stereocenters. The fourth-order valence-corrected chi connectivity index (χ4v) is 4.05. The minimum absolute atomic E-state index is 0.182. The van der Waals surface area contributed by atoms with E-state index in [9.17, 15) is 9.59 Å². The first-order valence-corrected chi connectivity index (χ1v) is 11.5. The summed E-state index contributed by atoms with van der Waals surface area (Å²) in [4.78, 5) is 27.0. The molecule has 178 valence electrons. The fourth-order valence-electron chi connectivity index (χ4n) is 4.05. The number of azide groups is 1. The van der Waals surface area contributed by atoms with E-state index >= 15 is 0 Å². The molecule has 34 heavy (non-hydrogen) atoms. The van der Waals surface area contributed by atoms with Crippen molar-refractivity contribution in [2.75, 3.05) is 13.2 Å². The van der Waals surface area contributed by atoms with E-state index in [1.165, 1.54) is 23.6 Å². The van der Waals surface area contributed by atoms with E-state index in [-0.39, 0.29) is 18.9 Å². The molecule has 3 atom stereocenters. The van der Waals surface area contributed by atoms with Gasteiger partial charge in [-0.2, -0.15) is 0 Å². The molecule has 0 fully saturated rings. The van der Waals surface area contributed by atoms with Crippen molar-refractivity contribution in [2.45, 2.75) is 51.3 Å². The summed E-state index contributed by atoms with van der Waals surface area (Å²) in [7, 11) is 0. The minimum atomic E-state index is -0.645. The molecule has 1 aliphatic rings. The Balaban J connectivity index is 1.63. The highest BCUT2D eigenvalue weighted by Gasteiger charge is 2.36. The van der Waals surface area contributed by atoms with Crippen molar-refractivity contribution in [1.29, 1.82) is 0 Å². The maximum absolute atomic E-state index is 12.3. The van der Waals surface area contributed by atoms with E-state index in [0.717, 1.165) is 12.8 Å². The Morgan fingerprint density at radius 2 is 1.82 bits per heavy atom. The second-order valence-electron chi connectivity index (χ2n) is 8.12. The molecule has 1 N–H and O–H groups in total. The summed E-state index contributed by atoms with van der Waals surface area (Å²) in [6, 6.07) is 17.4. The Morgan fingerprint density at radius 1 is 1.12 bits per heavy atom. The van der Waals surface area contributed by atoms with Gasteiger partial charge < -0.3 is 14.8 Å². The van der Waals surface area contributed by atoms with Crippen LogP contribution < -0.4 is 5.32 Å². The van der Waals surface area contributed by atoms with Gasteiger partial charge in [0.25, 0.3) is 0 Å². The summed E-state index contributed by atoms with van der Waals surface area (Å²) < 4.78 is 11.2. The van der Waals surface area contributed by atoms with E-state index in [2.05, 4.69) is 51.7 Å². The van der Waals surface area contributed by atoms with Crippen molar-refractivity contribution in [3.05, 3.63) is 82.3 Å². The predicted molar refractivity (Wildman–Crippen MR) is 130 cm³/mol. The molecule has 0 bridgehead atoms. The van der Waals surface area contributed by atoms with Crippen LogP contribution >= 0.6 is 0 Å². The van der Waals surface area contributed by atoms with Crippen LogP contribution in [-0.4, -0.2) is 43.3 Å². The van der Waals surface area contributed by atoms with Crippen LogP contribution in [0.3, 0.4) is 0 Å². The van der Waals surface area contributed by atoms with Gasteiger partial charge in [-0.25, -0.2) is 4.79 Å². The normalized spacial score (nSPS) is 19.5. The highest BCUT2D eigenvalue weighted by molar-refractivity contribution is 5.89. The largest absolute Gasteiger partial charge is 0.463 e. The molecule has 0 heterocycles. The lowest BCUT2D eigenvalue weighted by Gasteiger charge is -2.34. The number of benzene rings is 2. The average molecular weight is 463 g/mol. The lowest BCUT2D eigenvalue weighted by Crippen LogP contribution is -2.52. The Kier molecular flexibility index (Phi) is 9.26. The lowest BCUT2D eigenvalue weighted by atomic mass is 9.88. The first-order chi connectivity index (χ1) is 16.5. The highest BCUT2D eigenvalue weighted by Crippen LogP contribution is 2.26. The number of esters is 1. The third-order valence-corrected chi connectivity index (χ3v) is 5.65. The monoisotopic (exact) mass is 462 g/mol. The van der Waals surface area contributed by atoms with E-state index < -0.39 is 24.2 Å². The molecule has 3 rings (SSSR count). The third-order valence-electron chi connectivity index (χ3n) is 5.65. The van der Waals surface area contributed by atoms with Crippen LogP contribution in [0.1, 0.15) is 32.3 Å². The van der Waals surface area contributed by atoms with Gasteiger partial charge in [0, 0.05) is 24.0 Å². The van der Waals surface area contributed by atoms with Crippen LogP contribution in [0.4, 0.5) is 0 Å². The van der Waals surface area contributed by atoms with E-state index in [0.29, 0.717) is 12.2 Å². The maximum Gasteiger partial charge on any atom is 0.333 e. The lowest BCUT2D eigenvalue weighted by molar-refractivity contribution is -0.139. The van der Waals surface area contributed by atoms with Crippen molar-refractivity contribution in [2.24, 2.45) is 5.11 Å². The number of hydrogen-bond acceptors (Lipinski definition) is 5. The zero-order valence-corrected chi connectivity index (χ0v) is 19.5. The Morgan fingerprint density at radius 3 is 2.47 bits per heavy atom. The number of hydrogen-bond donors (Lipinski definition) is 1. The SMILES string of the molecule is CCOC(=O)C1=C[C@@H](OCCCc2ccc(-c3ccccc3)cc2)[C@H](NC(C)=O)[C@@H](N=[N+]=[N-])C1. The van der Waals surface area contributed by atoms with Crippen LogP contribution in [0.5, 0.6) is 0 Å². The van der Waals surface area contributed by atoms with Gasteiger partial charge in [-0.3, -0.25) is 4.79 Å². The van der Waals surface area contributed by atoms with Gasteiger partial charge in [-0.1, -0.05) is 59.7 Å².